The molecular formula is C14H24F3N. The minimum absolute atomic E-state index is 0.127. The van der Waals surface area contributed by atoms with Gasteiger partial charge in [-0.3, -0.25) is 0 Å². The molecule has 0 aromatic rings. The van der Waals surface area contributed by atoms with E-state index in [1.807, 2.05) is 6.92 Å². The van der Waals surface area contributed by atoms with Gasteiger partial charge in [0.2, 0.25) is 0 Å². The third-order valence-electron chi connectivity index (χ3n) is 4.99. The van der Waals surface area contributed by atoms with E-state index in [2.05, 4.69) is 5.32 Å². The fourth-order valence-corrected chi connectivity index (χ4v) is 3.67. The van der Waals surface area contributed by atoms with Crippen LogP contribution in [0.3, 0.4) is 0 Å². The van der Waals surface area contributed by atoms with E-state index < -0.39 is 11.6 Å². The van der Waals surface area contributed by atoms with Crippen LogP contribution in [-0.2, 0) is 0 Å². The minimum Gasteiger partial charge on any atom is -0.313 e. The van der Waals surface area contributed by atoms with Crippen molar-refractivity contribution in [1.29, 1.82) is 0 Å². The Morgan fingerprint density at radius 1 is 1.00 bits per heavy atom. The topological polar surface area (TPSA) is 12.0 Å². The standard InChI is InChI=1S/C14H24F3N/c1-11-8-9-13(10-18-11,14(15,16)17)12-6-4-2-3-5-7-12/h11-12,18H,2-10H2,1H3. The Balaban J connectivity index is 2.18. The Kier molecular flexibility index (Phi) is 4.25. The molecule has 0 aromatic carbocycles. The number of hydrogen-bond donors (Lipinski definition) is 1. The van der Waals surface area contributed by atoms with E-state index in [9.17, 15) is 13.2 Å². The van der Waals surface area contributed by atoms with Crippen LogP contribution in [0.1, 0.15) is 58.3 Å². The average molecular weight is 263 g/mol. The zero-order chi connectivity index (χ0) is 13.2. The normalized spacial score (nSPS) is 36.3. The van der Waals surface area contributed by atoms with Gasteiger partial charge in [-0.15, -0.1) is 0 Å². The van der Waals surface area contributed by atoms with Crippen molar-refractivity contribution in [2.24, 2.45) is 11.3 Å². The Hall–Kier alpha value is -0.250. The van der Waals surface area contributed by atoms with Gasteiger partial charge in [0.05, 0.1) is 5.41 Å². The summed E-state index contributed by atoms with van der Waals surface area (Å²) in [7, 11) is 0. The van der Waals surface area contributed by atoms with Gasteiger partial charge in [-0.1, -0.05) is 25.7 Å². The molecule has 2 aliphatic rings. The molecule has 1 saturated carbocycles. The van der Waals surface area contributed by atoms with E-state index in [0.29, 0.717) is 12.8 Å². The molecule has 2 rings (SSSR count). The van der Waals surface area contributed by atoms with Crippen LogP contribution in [0.4, 0.5) is 13.2 Å². The molecule has 0 aromatic heterocycles. The van der Waals surface area contributed by atoms with Crippen molar-refractivity contribution < 1.29 is 13.2 Å². The number of piperidine rings is 1. The molecule has 1 aliphatic heterocycles. The summed E-state index contributed by atoms with van der Waals surface area (Å²) < 4.78 is 40.8. The van der Waals surface area contributed by atoms with Crippen LogP contribution in [0.2, 0.25) is 0 Å². The summed E-state index contributed by atoms with van der Waals surface area (Å²) in [5.41, 5.74) is -1.45. The minimum atomic E-state index is -4.06. The SMILES string of the molecule is CC1CCC(C2CCCCCC2)(C(F)(F)F)CN1. The van der Waals surface area contributed by atoms with Gasteiger partial charge in [0.15, 0.2) is 0 Å². The van der Waals surface area contributed by atoms with E-state index >= 15 is 0 Å². The van der Waals surface area contributed by atoms with Crippen LogP contribution < -0.4 is 5.32 Å². The molecule has 18 heavy (non-hydrogen) atoms. The monoisotopic (exact) mass is 263 g/mol. The first kappa shape index (κ1) is 14.2. The van der Waals surface area contributed by atoms with Crippen LogP contribution >= 0.6 is 0 Å². The summed E-state index contributed by atoms with van der Waals surface area (Å²) in [4.78, 5) is 0. The Labute approximate surface area is 108 Å². The molecule has 0 bridgehead atoms. The van der Waals surface area contributed by atoms with Gasteiger partial charge in [0, 0.05) is 12.6 Å². The van der Waals surface area contributed by atoms with Gasteiger partial charge in [0.1, 0.15) is 0 Å². The zero-order valence-electron chi connectivity index (χ0n) is 11.2. The van der Waals surface area contributed by atoms with Crippen molar-refractivity contribution in [3.63, 3.8) is 0 Å². The van der Waals surface area contributed by atoms with Gasteiger partial charge in [0.25, 0.3) is 0 Å². The largest absolute Gasteiger partial charge is 0.395 e. The average Bonchev–Trinajstić information content (AvgIpc) is 2.57. The molecule has 1 N–H and O–H groups in total. The molecular weight excluding hydrogens is 239 g/mol. The highest BCUT2D eigenvalue weighted by Crippen LogP contribution is 2.52. The van der Waals surface area contributed by atoms with Crippen molar-refractivity contribution in [1.82, 2.24) is 5.32 Å². The molecule has 1 nitrogen and oxygen atoms in total. The van der Waals surface area contributed by atoms with Gasteiger partial charge in [-0.2, -0.15) is 13.2 Å². The summed E-state index contributed by atoms with van der Waals surface area (Å²) in [6.07, 6.45) is 2.57. The quantitative estimate of drug-likeness (QED) is 0.696. The molecule has 2 fully saturated rings. The van der Waals surface area contributed by atoms with Crippen molar-refractivity contribution in [2.45, 2.75) is 70.5 Å². The van der Waals surface area contributed by atoms with E-state index in [-0.39, 0.29) is 18.5 Å². The Morgan fingerprint density at radius 2 is 1.61 bits per heavy atom. The predicted molar refractivity (Wildman–Crippen MR) is 66.4 cm³/mol. The Morgan fingerprint density at radius 3 is 2.06 bits per heavy atom. The van der Waals surface area contributed by atoms with Crippen molar-refractivity contribution >= 4 is 0 Å². The molecule has 106 valence electrons. The lowest BCUT2D eigenvalue weighted by Gasteiger charge is -2.46. The summed E-state index contributed by atoms with van der Waals surface area (Å²) in [5.74, 6) is -0.167. The molecule has 2 unspecified atom stereocenters. The van der Waals surface area contributed by atoms with Crippen LogP contribution in [-0.4, -0.2) is 18.8 Å². The molecule has 1 aliphatic carbocycles. The molecule has 2 atom stereocenters. The lowest BCUT2D eigenvalue weighted by atomic mass is 9.66. The summed E-state index contributed by atoms with van der Waals surface area (Å²) in [5, 5.41) is 3.08. The first-order valence-electron chi connectivity index (χ1n) is 7.26. The first-order valence-corrected chi connectivity index (χ1v) is 7.26. The fourth-order valence-electron chi connectivity index (χ4n) is 3.67. The van der Waals surface area contributed by atoms with Gasteiger partial charge < -0.3 is 5.32 Å². The summed E-state index contributed by atoms with van der Waals surface area (Å²) in [6.45, 7) is 2.11. The van der Waals surface area contributed by atoms with E-state index in [0.717, 1.165) is 38.5 Å². The van der Waals surface area contributed by atoms with Gasteiger partial charge >= 0.3 is 6.18 Å². The van der Waals surface area contributed by atoms with Crippen molar-refractivity contribution in [3.05, 3.63) is 0 Å². The van der Waals surface area contributed by atoms with Crippen LogP contribution in [0, 0.1) is 11.3 Å². The lowest BCUT2D eigenvalue weighted by Crippen LogP contribution is -2.56. The number of hydrogen-bond acceptors (Lipinski definition) is 1. The smallest absolute Gasteiger partial charge is 0.313 e. The third-order valence-corrected chi connectivity index (χ3v) is 4.99. The van der Waals surface area contributed by atoms with E-state index in [4.69, 9.17) is 0 Å². The highest BCUT2D eigenvalue weighted by atomic mass is 19.4. The Bertz CT molecular complexity index is 259. The molecule has 0 spiro atoms. The van der Waals surface area contributed by atoms with Crippen molar-refractivity contribution in [3.8, 4) is 0 Å². The fraction of sp³-hybridized carbons (Fsp3) is 1.00. The lowest BCUT2D eigenvalue weighted by molar-refractivity contribution is -0.251. The zero-order valence-corrected chi connectivity index (χ0v) is 11.2. The highest BCUT2D eigenvalue weighted by Gasteiger charge is 2.59. The second kappa shape index (κ2) is 5.40. The molecule has 0 amide bonds. The highest BCUT2D eigenvalue weighted by molar-refractivity contribution is 4.98. The summed E-state index contributed by atoms with van der Waals surface area (Å²) >= 11 is 0. The number of rotatable bonds is 1. The summed E-state index contributed by atoms with van der Waals surface area (Å²) in [6, 6.07) is 0.228. The van der Waals surface area contributed by atoms with Gasteiger partial charge in [-0.05, 0) is 38.5 Å². The predicted octanol–water partition coefficient (Wildman–Crippen LogP) is 4.28. The number of halogens is 3. The number of alkyl halides is 3. The van der Waals surface area contributed by atoms with Gasteiger partial charge in [-0.25, -0.2) is 0 Å². The second-order valence-electron chi connectivity index (χ2n) is 6.16. The van der Waals surface area contributed by atoms with Crippen LogP contribution in [0.5, 0.6) is 0 Å². The van der Waals surface area contributed by atoms with E-state index in [1.165, 1.54) is 0 Å². The third kappa shape index (κ3) is 2.68. The molecule has 1 saturated heterocycles. The number of nitrogens with one attached hydrogen (secondary N) is 1. The first-order chi connectivity index (χ1) is 8.46. The maximum absolute atomic E-state index is 13.6. The van der Waals surface area contributed by atoms with Crippen molar-refractivity contribution in [2.75, 3.05) is 6.54 Å². The molecule has 4 heteroatoms. The van der Waals surface area contributed by atoms with Crippen LogP contribution in [0.15, 0.2) is 0 Å². The maximum atomic E-state index is 13.6. The van der Waals surface area contributed by atoms with Crippen LogP contribution in [0.25, 0.3) is 0 Å². The second-order valence-corrected chi connectivity index (χ2v) is 6.16. The molecule has 0 radical (unpaired) electrons. The maximum Gasteiger partial charge on any atom is 0.395 e. The van der Waals surface area contributed by atoms with E-state index in [1.54, 1.807) is 0 Å². The molecule has 1 heterocycles.